The molecule has 0 aliphatic heterocycles. The predicted molar refractivity (Wildman–Crippen MR) is 80.9 cm³/mol. The molecule has 4 N–H and O–H groups in total. The zero-order valence-corrected chi connectivity index (χ0v) is 12.0. The summed E-state index contributed by atoms with van der Waals surface area (Å²) in [5.74, 6) is -0.451. The van der Waals surface area contributed by atoms with Crippen LogP contribution in [-0.4, -0.2) is 30.0 Å². The molecule has 0 saturated heterocycles. The first kappa shape index (κ1) is 15.9. The quantitative estimate of drug-likeness (QED) is 0.464. The molecule has 1 aromatic rings. The van der Waals surface area contributed by atoms with Crippen molar-refractivity contribution in [3.05, 3.63) is 35.9 Å². The van der Waals surface area contributed by atoms with E-state index in [0.717, 1.165) is 0 Å². The first-order valence-corrected chi connectivity index (χ1v) is 6.70. The molecule has 0 saturated carbocycles. The Balaban J connectivity index is 2.19. The lowest BCUT2D eigenvalue weighted by Crippen LogP contribution is -2.47. The van der Waals surface area contributed by atoms with Gasteiger partial charge in [0.1, 0.15) is 0 Å². The van der Waals surface area contributed by atoms with Crippen LogP contribution >= 0.6 is 12.2 Å². The number of hydrogen-bond acceptors (Lipinski definition) is 3. The van der Waals surface area contributed by atoms with E-state index in [2.05, 4.69) is 21.5 Å². The molecule has 0 heterocycles. The van der Waals surface area contributed by atoms with Crippen LogP contribution < -0.4 is 21.5 Å². The number of thiocarbonyl (C=S) groups is 1. The lowest BCUT2D eigenvalue weighted by Gasteiger charge is -2.10. The summed E-state index contributed by atoms with van der Waals surface area (Å²) in [5.41, 5.74) is 5.57. The van der Waals surface area contributed by atoms with Crippen LogP contribution in [0.5, 0.6) is 0 Å². The topological polar surface area (TPSA) is 82.3 Å². The van der Waals surface area contributed by atoms with Crippen LogP contribution in [-0.2, 0) is 4.79 Å². The van der Waals surface area contributed by atoms with Crippen molar-refractivity contribution in [2.45, 2.75) is 13.3 Å². The van der Waals surface area contributed by atoms with E-state index < -0.39 is 0 Å². The fourth-order valence-corrected chi connectivity index (χ4v) is 1.57. The van der Waals surface area contributed by atoms with Gasteiger partial charge in [0, 0.05) is 25.1 Å². The molecule has 6 nitrogen and oxygen atoms in total. The fraction of sp³-hybridized carbons (Fsp3) is 0.308. The summed E-state index contributed by atoms with van der Waals surface area (Å²) in [6.45, 7) is 2.83. The Morgan fingerprint density at radius 3 is 2.45 bits per heavy atom. The minimum atomic E-state index is -0.251. The van der Waals surface area contributed by atoms with Crippen LogP contribution in [0.2, 0.25) is 0 Å². The van der Waals surface area contributed by atoms with Gasteiger partial charge in [-0.05, 0) is 31.3 Å². The molecule has 0 bridgehead atoms. The number of rotatable bonds is 5. The van der Waals surface area contributed by atoms with Gasteiger partial charge in [-0.25, -0.2) is 0 Å². The summed E-state index contributed by atoms with van der Waals surface area (Å²) in [6.07, 6.45) is 0.167. The summed E-state index contributed by atoms with van der Waals surface area (Å²) in [6, 6.07) is 8.83. The highest BCUT2D eigenvalue weighted by Crippen LogP contribution is 1.97. The predicted octanol–water partition coefficient (Wildman–Crippen LogP) is 0.322. The molecule has 2 amide bonds. The number of nitrogens with one attached hydrogen (secondary N) is 4. The van der Waals surface area contributed by atoms with Crippen molar-refractivity contribution < 1.29 is 9.59 Å². The second-order valence-electron chi connectivity index (χ2n) is 3.90. The van der Waals surface area contributed by atoms with Gasteiger partial charge in [-0.3, -0.25) is 20.4 Å². The smallest absolute Gasteiger partial charge is 0.251 e. The van der Waals surface area contributed by atoms with Gasteiger partial charge in [-0.15, -0.1) is 0 Å². The molecule has 20 heavy (non-hydrogen) atoms. The number of carbonyl (C=O) groups excluding carboxylic acids is 2. The SMILES string of the molecule is CCNC(=S)NNC(=O)CCNC(=O)c1ccccc1. The van der Waals surface area contributed by atoms with Gasteiger partial charge in [0.2, 0.25) is 5.91 Å². The molecule has 1 aromatic carbocycles. The third-order valence-electron chi connectivity index (χ3n) is 2.33. The Morgan fingerprint density at radius 1 is 1.10 bits per heavy atom. The molecule has 108 valence electrons. The third-order valence-corrected chi connectivity index (χ3v) is 2.57. The highest BCUT2D eigenvalue weighted by atomic mass is 32.1. The first-order valence-electron chi connectivity index (χ1n) is 6.29. The number of amides is 2. The molecule has 0 aliphatic rings. The normalized spacial score (nSPS) is 9.45. The first-order chi connectivity index (χ1) is 9.63. The number of hydrogen-bond donors (Lipinski definition) is 4. The van der Waals surface area contributed by atoms with Crippen LogP contribution in [0.1, 0.15) is 23.7 Å². The second-order valence-corrected chi connectivity index (χ2v) is 4.31. The van der Waals surface area contributed by atoms with E-state index in [1.807, 2.05) is 13.0 Å². The highest BCUT2D eigenvalue weighted by Gasteiger charge is 2.05. The zero-order valence-electron chi connectivity index (χ0n) is 11.2. The van der Waals surface area contributed by atoms with Crippen LogP contribution in [0, 0.1) is 0 Å². The van der Waals surface area contributed by atoms with Crippen molar-refractivity contribution in [1.29, 1.82) is 0 Å². The Kier molecular flexibility index (Phi) is 7.05. The molecule has 7 heteroatoms. The largest absolute Gasteiger partial charge is 0.362 e. The molecule has 0 aliphatic carbocycles. The van der Waals surface area contributed by atoms with Gasteiger partial charge in [0.25, 0.3) is 5.91 Å². The van der Waals surface area contributed by atoms with Gasteiger partial charge in [-0.1, -0.05) is 18.2 Å². The molecule has 1 rings (SSSR count). The van der Waals surface area contributed by atoms with Crippen molar-refractivity contribution in [2.24, 2.45) is 0 Å². The van der Waals surface area contributed by atoms with Gasteiger partial charge in [0.15, 0.2) is 5.11 Å². The molecule has 0 unspecified atom stereocenters. The van der Waals surface area contributed by atoms with E-state index in [1.165, 1.54) is 0 Å². The van der Waals surface area contributed by atoms with E-state index in [9.17, 15) is 9.59 Å². The average Bonchev–Trinajstić information content (AvgIpc) is 2.46. The van der Waals surface area contributed by atoms with E-state index >= 15 is 0 Å². The molecule has 0 spiro atoms. The molecular weight excluding hydrogens is 276 g/mol. The number of hydrazine groups is 1. The standard InChI is InChI=1S/C13H18N4O2S/c1-2-14-13(20)17-16-11(18)8-9-15-12(19)10-6-4-3-5-7-10/h3-7H,2,8-9H2,1H3,(H,15,19)(H,16,18)(H2,14,17,20). The van der Waals surface area contributed by atoms with Gasteiger partial charge >= 0.3 is 0 Å². The molecule has 0 atom stereocenters. The maximum atomic E-state index is 11.7. The van der Waals surface area contributed by atoms with Crippen molar-refractivity contribution in [3.8, 4) is 0 Å². The van der Waals surface area contributed by atoms with Crippen LogP contribution in [0.25, 0.3) is 0 Å². The van der Waals surface area contributed by atoms with Crippen LogP contribution in [0.3, 0.4) is 0 Å². The third kappa shape index (κ3) is 6.14. The minimum absolute atomic E-state index is 0.167. The lowest BCUT2D eigenvalue weighted by atomic mass is 10.2. The van der Waals surface area contributed by atoms with E-state index in [4.69, 9.17) is 12.2 Å². The Labute approximate surface area is 123 Å². The molecular formula is C13H18N4O2S. The summed E-state index contributed by atoms with van der Waals surface area (Å²) >= 11 is 4.88. The average molecular weight is 294 g/mol. The summed E-state index contributed by atoms with van der Waals surface area (Å²) in [7, 11) is 0. The van der Waals surface area contributed by atoms with Gasteiger partial charge in [0.05, 0.1) is 0 Å². The van der Waals surface area contributed by atoms with E-state index in [1.54, 1.807) is 24.3 Å². The lowest BCUT2D eigenvalue weighted by molar-refractivity contribution is -0.121. The summed E-state index contributed by atoms with van der Waals surface area (Å²) < 4.78 is 0. The van der Waals surface area contributed by atoms with Crippen molar-refractivity contribution in [3.63, 3.8) is 0 Å². The van der Waals surface area contributed by atoms with Crippen molar-refractivity contribution in [1.82, 2.24) is 21.5 Å². The Bertz CT molecular complexity index is 465. The molecule has 0 fully saturated rings. The Hall–Kier alpha value is -2.15. The molecule has 0 radical (unpaired) electrons. The van der Waals surface area contributed by atoms with E-state index in [0.29, 0.717) is 17.2 Å². The summed E-state index contributed by atoms with van der Waals surface area (Å²) in [4.78, 5) is 23.1. The highest BCUT2D eigenvalue weighted by molar-refractivity contribution is 7.80. The zero-order chi connectivity index (χ0) is 14.8. The van der Waals surface area contributed by atoms with Crippen LogP contribution in [0.4, 0.5) is 0 Å². The number of benzene rings is 1. The monoisotopic (exact) mass is 294 g/mol. The fourth-order valence-electron chi connectivity index (χ4n) is 1.37. The number of carbonyl (C=O) groups is 2. The minimum Gasteiger partial charge on any atom is -0.362 e. The summed E-state index contributed by atoms with van der Waals surface area (Å²) in [5, 5.41) is 5.85. The van der Waals surface area contributed by atoms with E-state index in [-0.39, 0.29) is 24.8 Å². The second kappa shape index (κ2) is 8.87. The van der Waals surface area contributed by atoms with Gasteiger partial charge < -0.3 is 10.6 Å². The van der Waals surface area contributed by atoms with Gasteiger partial charge in [-0.2, -0.15) is 0 Å². The maximum absolute atomic E-state index is 11.7. The van der Waals surface area contributed by atoms with Crippen LogP contribution in [0.15, 0.2) is 30.3 Å². The maximum Gasteiger partial charge on any atom is 0.251 e. The molecule has 0 aromatic heterocycles. The van der Waals surface area contributed by atoms with Crippen molar-refractivity contribution >= 4 is 29.1 Å². The Morgan fingerprint density at radius 2 is 1.80 bits per heavy atom. The van der Waals surface area contributed by atoms with Crippen molar-refractivity contribution in [2.75, 3.05) is 13.1 Å².